The molecule has 4 heteroatoms. The Kier molecular flexibility index (Phi) is 8.85. The molecule has 0 radical (unpaired) electrons. The molecule has 0 aromatic rings. The topological polar surface area (TPSA) is 50.4 Å². The van der Waals surface area contributed by atoms with Crippen LogP contribution in [0.2, 0.25) is 0 Å². The third kappa shape index (κ3) is 8.44. The Balaban J connectivity index is 3.45. The molecule has 0 saturated heterocycles. The zero-order valence-electron chi connectivity index (χ0n) is 10.6. The maximum absolute atomic E-state index is 11.4. The van der Waals surface area contributed by atoms with E-state index in [-0.39, 0.29) is 12.0 Å². The fourth-order valence-corrected chi connectivity index (χ4v) is 1.12. The van der Waals surface area contributed by atoms with Gasteiger partial charge in [-0.2, -0.15) is 0 Å². The van der Waals surface area contributed by atoms with Crippen LogP contribution in [0.1, 0.15) is 27.2 Å². The fraction of sp³-hybridized carbons (Fsp3) is 0.750. The predicted molar refractivity (Wildman–Crippen MR) is 66.4 cm³/mol. The number of hydrogen-bond acceptors (Lipinski definition) is 3. The molecule has 0 bridgehead atoms. The van der Waals surface area contributed by atoms with Gasteiger partial charge in [-0.1, -0.05) is 19.9 Å². The molecule has 16 heavy (non-hydrogen) atoms. The first kappa shape index (κ1) is 15.1. The molecular formula is C12H24N2O2. The molecule has 0 aliphatic rings. The second-order valence-corrected chi connectivity index (χ2v) is 4.01. The van der Waals surface area contributed by atoms with E-state index in [1.54, 1.807) is 13.0 Å². The molecule has 0 spiro atoms. The molecule has 2 N–H and O–H groups in total. The van der Waals surface area contributed by atoms with Gasteiger partial charge >= 0.3 is 0 Å². The lowest BCUT2D eigenvalue weighted by Crippen LogP contribution is -2.35. The van der Waals surface area contributed by atoms with Gasteiger partial charge in [0.15, 0.2) is 0 Å². The van der Waals surface area contributed by atoms with Crippen LogP contribution in [0, 0.1) is 0 Å². The van der Waals surface area contributed by atoms with Crippen LogP contribution in [0.15, 0.2) is 12.7 Å². The van der Waals surface area contributed by atoms with Crippen LogP contribution in [0.25, 0.3) is 0 Å². The Morgan fingerprint density at radius 3 is 2.69 bits per heavy atom. The summed E-state index contributed by atoms with van der Waals surface area (Å²) in [6.07, 6.45) is 2.17. The average Bonchev–Trinajstić information content (AvgIpc) is 2.24. The number of carbonyl (C=O) groups is 1. The molecular weight excluding hydrogens is 204 g/mol. The van der Waals surface area contributed by atoms with Crippen molar-refractivity contribution in [3.05, 3.63) is 12.7 Å². The Bertz CT molecular complexity index is 205. The van der Waals surface area contributed by atoms with E-state index in [4.69, 9.17) is 4.74 Å². The first-order valence-corrected chi connectivity index (χ1v) is 5.81. The summed E-state index contributed by atoms with van der Waals surface area (Å²) in [5.74, 6) is -0.0864. The number of rotatable bonds is 9. The van der Waals surface area contributed by atoms with Crippen LogP contribution in [0.3, 0.4) is 0 Å². The van der Waals surface area contributed by atoms with Gasteiger partial charge in [0.2, 0.25) is 5.91 Å². The lowest BCUT2D eigenvalue weighted by Gasteiger charge is -2.13. The lowest BCUT2D eigenvalue weighted by molar-refractivity contribution is -0.131. The molecule has 1 amide bonds. The van der Waals surface area contributed by atoms with Crippen molar-refractivity contribution in [3.8, 4) is 0 Å². The van der Waals surface area contributed by atoms with Crippen molar-refractivity contribution in [1.82, 2.24) is 10.6 Å². The highest BCUT2D eigenvalue weighted by Crippen LogP contribution is 1.92. The summed E-state index contributed by atoms with van der Waals surface area (Å²) in [7, 11) is 0. The summed E-state index contributed by atoms with van der Waals surface area (Å²) in [6, 6.07) is 0.494. The van der Waals surface area contributed by atoms with Gasteiger partial charge in [0.25, 0.3) is 0 Å². The summed E-state index contributed by atoms with van der Waals surface area (Å²) >= 11 is 0. The lowest BCUT2D eigenvalue weighted by atomic mass is 10.3. The van der Waals surface area contributed by atoms with E-state index in [9.17, 15) is 4.79 Å². The summed E-state index contributed by atoms with van der Waals surface area (Å²) in [6.45, 7) is 11.5. The zero-order valence-corrected chi connectivity index (χ0v) is 10.6. The highest BCUT2D eigenvalue weighted by atomic mass is 16.5. The van der Waals surface area contributed by atoms with Gasteiger partial charge in [-0.15, -0.1) is 6.58 Å². The van der Waals surface area contributed by atoms with Crippen molar-refractivity contribution >= 4 is 5.91 Å². The third-order valence-corrected chi connectivity index (χ3v) is 2.03. The maximum Gasteiger partial charge on any atom is 0.249 e. The molecule has 4 nitrogen and oxygen atoms in total. The van der Waals surface area contributed by atoms with Gasteiger partial charge in [0, 0.05) is 19.2 Å². The largest absolute Gasteiger partial charge is 0.369 e. The summed E-state index contributed by atoms with van der Waals surface area (Å²) in [5, 5.41) is 5.98. The SMILES string of the molecule is C=CCNC(=O)C(C)OCCCNC(C)C. The number of hydrogen-bond donors (Lipinski definition) is 2. The van der Waals surface area contributed by atoms with E-state index in [1.807, 2.05) is 0 Å². The molecule has 1 unspecified atom stereocenters. The minimum absolute atomic E-state index is 0.0864. The smallest absolute Gasteiger partial charge is 0.249 e. The zero-order chi connectivity index (χ0) is 12.4. The van der Waals surface area contributed by atoms with E-state index in [1.165, 1.54) is 0 Å². The molecule has 0 rings (SSSR count). The monoisotopic (exact) mass is 228 g/mol. The van der Waals surface area contributed by atoms with Crippen LogP contribution in [0.5, 0.6) is 0 Å². The molecule has 94 valence electrons. The summed E-state index contributed by atoms with van der Waals surface area (Å²) < 4.78 is 5.40. The van der Waals surface area contributed by atoms with Crippen LogP contribution >= 0.6 is 0 Å². The Hall–Kier alpha value is -0.870. The van der Waals surface area contributed by atoms with Gasteiger partial charge < -0.3 is 15.4 Å². The molecule has 0 aliphatic carbocycles. The van der Waals surface area contributed by atoms with Crippen molar-refractivity contribution in [2.45, 2.75) is 39.3 Å². The predicted octanol–water partition coefficient (Wildman–Crippen LogP) is 1.08. The van der Waals surface area contributed by atoms with Crippen molar-refractivity contribution < 1.29 is 9.53 Å². The quantitative estimate of drug-likeness (QED) is 0.459. The van der Waals surface area contributed by atoms with Gasteiger partial charge in [-0.05, 0) is 19.9 Å². The van der Waals surface area contributed by atoms with Crippen molar-refractivity contribution in [2.24, 2.45) is 0 Å². The summed E-state index contributed by atoms with van der Waals surface area (Å²) in [5.41, 5.74) is 0. The van der Waals surface area contributed by atoms with Crippen LogP contribution in [-0.2, 0) is 9.53 Å². The van der Waals surface area contributed by atoms with Crippen molar-refractivity contribution in [1.29, 1.82) is 0 Å². The first-order valence-electron chi connectivity index (χ1n) is 5.81. The molecule has 0 aromatic heterocycles. The Morgan fingerprint density at radius 2 is 2.12 bits per heavy atom. The van der Waals surface area contributed by atoms with E-state index in [0.29, 0.717) is 19.2 Å². The van der Waals surface area contributed by atoms with Crippen molar-refractivity contribution in [2.75, 3.05) is 19.7 Å². The van der Waals surface area contributed by atoms with E-state index >= 15 is 0 Å². The molecule has 0 aromatic carbocycles. The highest BCUT2D eigenvalue weighted by Gasteiger charge is 2.11. The maximum atomic E-state index is 11.4. The normalized spacial score (nSPS) is 12.5. The van der Waals surface area contributed by atoms with Crippen LogP contribution in [0.4, 0.5) is 0 Å². The molecule has 0 heterocycles. The average molecular weight is 228 g/mol. The Labute approximate surface area is 98.4 Å². The van der Waals surface area contributed by atoms with Crippen LogP contribution < -0.4 is 10.6 Å². The fourth-order valence-electron chi connectivity index (χ4n) is 1.12. The molecule has 0 saturated carbocycles. The molecule has 0 fully saturated rings. The van der Waals surface area contributed by atoms with E-state index in [0.717, 1.165) is 13.0 Å². The van der Waals surface area contributed by atoms with Gasteiger partial charge in [0.1, 0.15) is 6.10 Å². The third-order valence-electron chi connectivity index (χ3n) is 2.03. The number of nitrogens with one attached hydrogen (secondary N) is 2. The minimum Gasteiger partial charge on any atom is -0.369 e. The van der Waals surface area contributed by atoms with Crippen LogP contribution in [-0.4, -0.2) is 37.7 Å². The van der Waals surface area contributed by atoms with Gasteiger partial charge in [-0.3, -0.25) is 4.79 Å². The molecule has 0 aliphatic heterocycles. The second-order valence-electron chi connectivity index (χ2n) is 4.01. The van der Waals surface area contributed by atoms with Crippen molar-refractivity contribution in [3.63, 3.8) is 0 Å². The first-order chi connectivity index (χ1) is 7.57. The van der Waals surface area contributed by atoms with Gasteiger partial charge in [0.05, 0.1) is 0 Å². The minimum atomic E-state index is -0.390. The summed E-state index contributed by atoms with van der Waals surface area (Å²) in [4.78, 5) is 11.4. The van der Waals surface area contributed by atoms with E-state index < -0.39 is 0 Å². The highest BCUT2D eigenvalue weighted by molar-refractivity contribution is 5.80. The number of amides is 1. The van der Waals surface area contributed by atoms with E-state index in [2.05, 4.69) is 31.1 Å². The Morgan fingerprint density at radius 1 is 1.44 bits per heavy atom. The number of ether oxygens (including phenoxy) is 1. The van der Waals surface area contributed by atoms with Gasteiger partial charge in [-0.25, -0.2) is 0 Å². The second kappa shape index (κ2) is 9.36. The number of carbonyl (C=O) groups excluding carboxylic acids is 1. The standard InChI is InChI=1S/C12H24N2O2/c1-5-7-14-12(15)11(4)16-9-6-8-13-10(2)3/h5,10-11,13H,1,6-9H2,2-4H3,(H,14,15). The molecule has 1 atom stereocenters.